The number of nitrogens with zero attached hydrogens (tertiary/aromatic N) is 4. The molecule has 304 valence electrons. The van der Waals surface area contributed by atoms with E-state index in [-0.39, 0.29) is 61.6 Å². The number of fused-ring (bicyclic) bond motifs is 1. The molecule has 10 N–H and O–H groups in total. The van der Waals surface area contributed by atoms with Crippen molar-refractivity contribution in [1.29, 1.82) is 0 Å². The van der Waals surface area contributed by atoms with Crippen molar-refractivity contribution in [2.75, 3.05) is 43.0 Å². The molecule has 2 atom stereocenters. The molecule has 1 aromatic carbocycles. The number of ether oxygens (including phenoxy) is 1. The molecule has 0 radical (unpaired) electrons. The monoisotopic (exact) mass is 825 g/mol. The van der Waals surface area contributed by atoms with Crippen LogP contribution in [0.25, 0.3) is 11.2 Å². The number of aliphatic carboxylic acids is 2. The second kappa shape index (κ2) is 23.2. The molecule has 3 aromatic heterocycles. The standard InChI is InChI=1S/C35H43N11O9S2/c36-34-45-29-28(31(49)46-34)42-23(20-41-29)19-40-22-9-7-21(8-10-22)30(48)44-25(33(52)53)11-12-26(47)43-24(32(50)51)5-1-3-14-39-35(54)55-17-15-37-16-18-56-57-27-6-2-4-13-38-27/h2,4,6-10,13,20,24-25,37,40H,1,3,5,11-12,14-19H2,(H,39,54)(H,43,47)(H,44,48)(H,50,51)(H,52,53)(H3,36,41,45,46,49). The fraction of sp³-hybridized carbons (Fsp3) is 0.371. The minimum Gasteiger partial charge on any atom is -0.480 e. The summed E-state index contributed by atoms with van der Waals surface area (Å²) in [6.07, 6.45) is 2.80. The summed E-state index contributed by atoms with van der Waals surface area (Å²) in [7, 11) is 3.25. The molecular weight excluding hydrogens is 783 g/mol. The number of hydrogen-bond acceptors (Lipinski definition) is 16. The molecule has 0 aliphatic carbocycles. The van der Waals surface area contributed by atoms with E-state index in [2.05, 4.69) is 51.5 Å². The van der Waals surface area contributed by atoms with Crippen LogP contribution < -0.4 is 37.9 Å². The van der Waals surface area contributed by atoms with Crippen LogP contribution in [0, 0.1) is 0 Å². The summed E-state index contributed by atoms with van der Waals surface area (Å²) >= 11 is 0. The molecule has 4 aromatic rings. The molecule has 20 nitrogen and oxygen atoms in total. The van der Waals surface area contributed by atoms with E-state index in [1.165, 1.54) is 18.3 Å². The van der Waals surface area contributed by atoms with Crippen molar-refractivity contribution in [3.05, 3.63) is 76.5 Å². The van der Waals surface area contributed by atoms with Crippen LogP contribution >= 0.6 is 21.6 Å². The Balaban J connectivity index is 1.08. The van der Waals surface area contributed by atoms with E-state index in [0.717, 1.165) is 17.3 Å². The fourth-order valence-electron chi connectivity index (χ4n) is 4.95. The average molecular weight is 826 g/mol. The van der Waals surface area contributed by atoms with Crippen LogP contribution in [0.1, 0.15) is 48.2 Å². The third kappa shape index (κ3) is 15.6. The number of aromatic amines is 1. The maximum Gasteiger partial charge on any atom is 0.407 e. The summed E-state index contributed by atoms with van der Waals surface area (Å²) in [6, 6.07) is 9.18. The van der Waals surface area contributed by atoms with Gasteiger partial charge in [0.25, 0.3) is 11.5 Å². The number of nitrogen functional groups attached to an aromatic ring is 1. The first kappa shape index (κ1) is 43.7. The summed E-state index contributed by atoms with van der Waals surface area (Å²) in [5, 5.41) is 33.8. The highest BCUT2D eigenvalue weighted by Gasteiger charge is 2.24. The number of carboxylic acids is 2. The van der Waals surface area contributed by atoms with Crippen LogP contribution in [0.2, 0.25) is 0 Å². The van der Waals surface area contributed by atoms with Crippen molar-refractivity contribution in [1.82, 2.24) is 46.2 Å². The Kier molecular flexibility index (Phi) is 17.8. The molecule has 0 spiro atoms. The van der Waals surface area contributed by atoms with Crippen LogP contribution in [0.5, 0.6) is 0 Å². The van der Waals surface area contributed by atoms with Gasteiger partial charge in [-0.05, 0) is 72.9 Å². The zero-order valence-corrected chi connectivity index (χ0v) is 32.2. The molecule has 57 heavy (non-hydrogen) atoms. The van der Waals surface area contributed by atoms with E-state index in [1.54, 1.807) is 39.9 Å². The smallest absolute Gasteiger partial charge is 0.407 e. The molecule has 4 rings (SSSR count). The molecule has 0 bridgehead atoms. The number of carbonyl (C=O) groups excluding carboxylic acids is 3. The van der Waals surface area contributed by atoms with Gasteiger partial charge in [0.2, 0.25) is 11.9 Å². The van der Waals surface area contributed by atoms with Crippen LogP contribution in [0.15, 0.2) is 64.7 Å². The fourth-order valence-corrected chi connectivity index (χ4v) is 6.78. The highest BCUT2D eigenvalue weighted by atomic mass is 33.1. The maximum atomic E-state index is 12.8. The first-order valence-corrected chi connectivity index (χ1v) is 20.0. The van der Waals surface area contributed by atoms with Gasteiger partial charge >= 0.3 is 18.0 Å². The number of amides is 3. The van der Waals surface area contributed by atoms with Crippen molar-refractivity contribution in [3.8, 4) is 0 Å². The molecule has 22 heteroatoms. The van der Waals surface area contributed by atoms with Gasteiger partial charge in [0.1, 0.15) is 23.7 Å². The maximum absolute atomic E-state index is 12.8. The normalized spacial score (nSPS) is 11.9. The van der Waals surface area contributed by atoms with E-state index in [4.69, 9.17) is 10.5 Å². The zero-order valence-electron chi connectivity index (χ0n) is 30.6. The number of pyridine rings is 1. The number of nitrogens with one attached hydrogen (secondary N) is 6. The van der Waals surface area contributed by atoms with Gasteiger partial charge in [-0.15, -0.1) is 0 Å². The second-order valence-electron chi connectivity index (χ2n) is 12.2. The summed E-state index contributed by atoms with van der Waals surface area (Å²) in [4.78, 5) is 91.9. The number of unbranched alkanes of at least 4 members (excludes halogenated alkanes) is 1. The van der Waals surface area contributed by atoms with Crippen molar-refractivity contribution in [2.24, 2.45) is 0 Å². The Morgan fingerprint density at radius 3 is 2.40 bits per heavy atom. The lowest BCUT2D eigenvalue weighted by molar-refractivity contribution is -0.142. The van der Waals surface area contributed by atoms with Gasteiger partial charge < -0.3 is 47.3 Å². The van der Waals surface area contributed by atoms with E-state index in [0.29, 0.717) is 30.8 Å². The molecule has 0 aliphatic heterocycles. The Bertz CT molecular complexity index is 2030. The highest BCUT2D eigenvalue weighted by Crippen LogP contribution is 2.28. The third-order valence-electron chi connectivity index (χ3n) is 7.85. The van der Waals surface area contributed by atoms with Gasteiger partial charge in [-0.3, -0.25) is 19.4 Å². The number of carboxylic acid groups (broad SMARTS) is 2. The summed E-state index contributed by atoms with van der Waals surface area (Å²) in [5.74, 6) is -3.25. The summed E-state index contributed by atoms with van der Waals surface area (Å²) in [6.45, 7) is 1.83. The van der Waals surface area contributed by atoms with Gasteiger partial charge in [-0.1, -0.05) is 16.9 Å². The van der Waals surface area contributed by atoms with Crippen molar-refractivity contribution in [3.63, 3.8) is 0 Å². The van der Waals surface area contributed by atoms with Crippen molar-refractivity contribution in [2.45, 2.75) is 55.8 Å². The minimum absolute atomic E-state index is 0.0296. The van der Waals surface area contributed by atoms with E-state index in [1.807, 2.05) is 18.2 Å². The van der Waals surface area contributed by atoms with Gasteiger partial charge in [0.05, 0.1) is 18.4 Å². The number of aromatic nitrogens is 5. The molecule has 3 amide bonds. The Hall–Kier alpha value is -6.00. The first-order valence-electron chi connectivity index (χ1n) is 17.7. The van der Waals surface area contributed by atoms with E-state index < -0.39 is 47.5 Å². The Morgan fingerprint density at radius 2 is 1.67 bits per heavy atom. The number of carbonyl (C=O) groups is 5. The van der Waals surface area contributed by atoms with Gasteiger partial charge in [-0.25, -0.2) is 29.3 Å². The number of H-pyrrole nitrogens is 1. The first-order chi connectivity index (χ1) is 27.5. The number of hydrogen-bond donors (Lipinski definition) is 9. The summed E-state index contributed by atoms with van der Waals surface area (Å²) < 4.78 is 5.12. The SMILES string of the molecule is Nc1nc2ncc(CNc3ccc(C(=O)NC(CCC(=O)NC(CCCCNC(=O)OCCNCCSSc4ccccn4)C(=O)O)C(=O)O)cc3)nc2c(=O)[nH]1. The number of rotatable bonds is 24. The number of anilines is 2. The molecule has 2 unspecified atom stereocenters. The van der Waals surface area contributed by atoms with Crippen LogP contribution in [0.3, 0.4) is 0 Å². The predicted molar refractivity (Wildman–Crippen MR) is 212 cm³/mol. The van der Waals surface area contributed by atoms with Gasteiger partial charge in [0, 0.05) is 49.3 Å². The molecule has 0 fully saturated rings. The lowest BCUT2D eigenvalue weighted by Crippen LogP contribution is -2.44. The van der Waals surface area contributed by atoms with Crippen molar-refractivity contribution >= 4 is 74.2 Å². The Morgan fingerprint density at radius 1 is 0.895 bits per heavy atom. The van der Waals surface area contributed by atoms with Crippen LogP contribution in [0.4, 0.5) is 16.4 Å². The van der Waals surface area contributed by atoms with Gasteiger partial charge in [0.15, 0.2) is 11.2 Å². The topological polar surface area (TPSA) is 306 Å². The van der Waals surface area contributed by atoms with E-state index in [9.17, 15) is 39.0 Å². The molecule has 3 heterocycles. The minimum atomic E-state index is -1.42. The lowest BCUT2D eigenvalue weighted by Gasteiger charge is -2.17. The predicted octanol–water partition coefficient (Wildman–Crippen LogP) is 1.76. The largest absolute Gasteiger partial charge is 0.480 e. The number of benzene rings is 1. The lowest BCUT2D eigenvalue weighted by atomic mass is 10.1. The molecular formula is C35H43N11O9S2. The molecule has 0 aliphatic rings. The quantitative estimate of drug-likeness (QED) is 0.0359. The van der Waals surface area contributed by atoms with Crippen LogP contribution in [-0.2, 0) is 25.7 Å². The van der Waals surface area contributed by atoms with Crippen molar-refractivity contribution < 1.29 is 38.9 Å². The average Bonchev–Trinajstić information content (AvgIpc) is 3.19. The number of nitrogens with two attached hydrogens (primary N) is 1. The van der Waals surface area contributed by atoms with Gasteiger partial charge in [-0.2, -0.15) is 4.98 Å². The van der Waals surface area contributed by atoms with Crippen LogP contribution in [-0.4, -0.2) is 109 Å². The highest BCUT2D eigenvalue weighted by molar-refractivity contribution is 8.76. The third-order valence-corrected chi connectivity index (χ3v) is 10.1. The zero-order chi connectivity index (χ0) is 41.0. The second-order valence-corrected chi connectivity index (χ2v) is 14.6. The Labute approximate surface area is 333 Å². The van der Waals surface area contributed by atoms with E-state index >= 15 is 0 Å². The number of alkyl carbamates (subject to hydrolysis) is 1. The summed E-state index contributed by atoms with van der Waals surface area (Å²) in [5.41, 5.74) is 6.32. The molecule has 0 saturated carbocycles. The molecule has 0 saturated heterocycles.